The molecular weight excluding hydrogens is 294 g/mol. The predicted octanol–water partition coefficient (Wildman–Crippen LogP) is -0.246. The fraction of sp³-hybridized carbons (Fsp3) is 0.923. The first kappa shape index (κ1) is 16.7. The number of hydrogen-bond acceptors (Lipinski definition) is 5. The molecule has 1 saturated heterocycles. The lowest BCUT2D eigenvalue weighted by Crippen LogP contribution is -2.52. The van der Waals surface area contributed by atoms with Crippen LogP contribution in [0, 0.1) is 5.92 Å². The van der Waals surface area contributed by atoms with Crippen molar-refractivity contribution in [3.8, 4) is 0 Å². The van der Waals surface area contributed by atoms with Crippen molar-refractivity contribution in [2.45, 2.75) is 19.3 Å². The predicted molar refractivity (Wildman–Crippen MR) is 78.9 cm³/mol. The van der Waals surface area contributed by atoms with Crippen LogP contribution in [0.25, 0.3) is 0 Å². The second-order valence-corrected chi connectivity index (χ2v) is 7.83. The maximum Gasteiger partial charge on any atom is 0.306 e. The number of carbonyl (C=O) groups excluding carboxylic acids is 1. The average molecular weight is 319 g/mol. The van der Waals surface area contributed by atoms with E-state index in [0.29, 0.717) is 13.1 Å². The van der Waals surface area contributed by atoms with Crippen LogP contribution < -0.4 is 0 Å². The van der Waals surface area contributed by atoms with Crippen molar-refractivity contribution in [3.63, 3.8) is 0 Å². The zero-order chi connectivity index (χ0) is 15.5. The van der Waals surface area contributed by atoms with E-state index < -0.39 is 16.2 Å². The number of hydrogen-bond donors (Lipinski definition) is 0. The minimum atomic E-state index is -3.47. The molecule has 0 spiro atoms. The molecule has 0 atom stereocenters. The lowest BCUT2D eigenvalue weighted by Gasteiger charge is -2.35. The molecule has 1 aliphatic heterocycles. The molecule has 2 fully saturated rings. The summed E-state index contributed by atoms with van der Waals surface area (Å²) in [5.41, 5.74) is 0. The molecule has 0 aromatic rings. The molecule has 0 radical (unpaired) electrons. The quantitative estimate of drug-likeness (QED) is 0.606. The second-order valence-electron chi connectivity index (χ2n) is 5.80. The molecular formula is C13H25N3O4S. The molecule has 2 rings (SSSR count). The molecule has 21 heavy (non-hydrogen) atoms. The summed E-state index contributed by atoms with van der Waals surface area (Å²) >= 11 is 0. The molecule has 1 heterocycles. The van der Waals surface area contributed by atoms with Gasteiger partial charge in [-0.3, -0.25) is 4.79 Å². The first-order chi connectivity index (χ1) is 9.93. The van der Waals surface area contributed by atoms with Crippen LogP contribution in [-0.4, -0.2) is 81.3 Å². The molecule has 8 heteroatoms. The highest BCUT2D eigenvalue weighted by Crippen LogP contribution is 2.30. The van der Waals surface area contributed by atoms with Gasteiger partial charge in [-0.1, -0.05) is 0 Å². The summed E-state index contributed by atoms with van der Waals surface area (Å²) in [4.78, 5) is 13.5. The lowest BCUT2D eigenvalue weighted by molar-refractivity contribution is -0.140. The first-order valence-electron chi connectivity index (χ1n) is 7.44. The minimum absolute atomic E-state index is 0.0773. The number of methoxy groups -OCH3 is 1. The van der Waals surface area contributed by atoms with E-state index >= 15 is 0 Å². The van der Waals surface area contributed by atoms with Crippen molar-refractivity contribution < 1.29 is 17.9 Å². The molecule has 0 unspecified atom stereocenters. The molecule has 0 aromatic carbocycles. The van der Waals surface area contributed by atoms with Crippen LogP contribution >= 0.6 is 0 Å². The molecule has 122 valence electrons. The Kier molecular flexibility index (Phi) is 5.59. The van der Waals surface area contributed by atoms with Gasteiger partial charge < -0.3 is 9.64 Å². The van der Waals surface area contributed by atoms with Gasteiger partial charge in [-0.25, -0.2) is 0 Å². The van der Waals surface area contributed by atoms with Gasteiger partial charge in [-0.2, -0.15) is 17.0 Å². The van der Waals surface area contributed by atoms with Crippen molar-refractivity contribution in [2.24, 2.45) is 5.92 Å². The molecule has 1 aliphatic carbocycles. The Bertz CT molecular complexity index is 456. The van der Waals surface area contributed by atoms with Gasteiger partial charge in [0.15, 0.2) is 0 Å². The van der Waals surface area contributed by atoms with Crippen LogP contribution in [0.5, 0.6) is 0 Å². The van der Waals surface area contributed by atoms with E-state index in [1.165, 1.54) is 35.6 Å². The zero-order valence-electron chi connectivity index (χ0n) is 12.8. The average Bonchev–Trinajstić information content (AvgIpc) is 3.28. The Balaban J connectivity index is 1.80. The van der Waals surface area contributed by atoms with E-state index in [0.717, 1.165) is 25.6 Å². The number of esters is 1. The lowest BCUT2D eigenvalue weighted by atomic mass is 10.3. The highest BCUT2D eigenvalue weighted by atomic mass is 32.2. The van der Waals surface area contributed by atoms with Gasteiger partial charge in [0.2, 0.25) is 0 Å². The van der Waals surface area contributed by atoms with Gasteiger partial charge in [0.25, 0.3) is 10.2 Å². The van der Waals surface area contributed by atoms with Crippen LogP contribution in [0.1, 0.15) is 19.3 Å². The molecule has 7 nitrogen and oxygen atoms in total. The van der Waals surface area contributed by atoms with Gasteiger partial charge in [0.1, 0.15) is 0 Å². The summed E-state index contributed by atoms with van der Waals surface area (Å²) in [6.07, 6.45) is 2.71. The number of carbonyl (C=O) groups is 1. The van der Waals surface area contributed by atoms with Crippen molar-refractivity contribution in [1.82, 2.24) is 13.5 Å². The van der Waals surface area contributed by atoms with Crippen LogP contribution in [0.3, 0.4) is 0 Å². The molecule has 0 aromatic heterocycles. The molecule has 0 N–H and O–H groups in total. The van der Waals surface area contributed by atoms with E-state index in [9.17, 15) is 13.2 Å². The molecule has 0 bridgehead atoms. The first-order valence-corrected chi connectivity index (χ1v) is 8.83. The van der Waals surface area contributed by atoms with Crippen molar-refractivity contribution in [2.75, 3.05) is 53.4 Å². The Labute approximate surface area is 127 Å². The molecule has 2 aliphatic rings. The highest BCUT2D eigenvalue weighted by Gasteiger charge is 2.32. The SMILES string of the molecule is COC(=O)CCN(C)S(=O)(=O)N1CCN(CC2CC2)CC1. The zero-order valence-corrected chi connectivity index (χ0v) is 13.6. The second kappa shape index (κ2) is 7.04. The number of piperazine rings is 1. The van der Waals surface area contributed by atoms with E-state index in [2.05, 4.69) is 9.64 Å². The smallest absolute Gasteiger partial charge is 0.306 e. The Morgan fingerprint density at radius 2 is 1.86 bits per heavy atom. The van der Waals surface area contributed by atoms with E-state index in [-0.39, 0.29) is 13.0 Å². The number of ether oxygens (including phenoxy) is 1. The number of nitrogens with zero attached hydrogens (tertiary/aromatic N) is 3. The topological polar surface area (TPSA) is 70.2 Å². The fourth-order valence-corrected chi connectivity index (χ4v) is 3.81. The van der Waals surface area contributed by atoms with Crippen LogP contribution in [0.15, 0.2) is 0 Å². The van der Waals surface area contributed by atoms with Crippen molar-refractivity contribution in [1.29, 1.82) is 0 Å². The van der Waals surface area contributed by atoms with Gasteiger partial charge in [0, 0.05) is 46.3 Å². The van der Waals surface area contributed by atoms with Gasteiger partial charge in [0.05, 0.1) is 13.5 Å². The maximum absolute atomic E-state index is 12.4. The minimum Gasteiger partial charge on any atom is -0.469 e. The normalized spacial score (nSPS) is 21.7. The van der Waals surface area contributed by atoms with Crippen molar-refractivity contribution in [3.05, 3.63) is 0 Å². The Hall–Kier alpha value is -0.700. The molecule has 0 amide bonds. The van der Waals surface area contributed by atoms with E-state index in [4.69, 9.17) is 0 Å². The Morgan fingerprint density at radius 1 is 1.24 bits per heavy atom. The van der Waals surface area contributed by atoms with Crippen molar-refractivity contribution >= 4 is 16.2 Å². The summed E-state index contributed by atoms with van der Waals surface area (Å²) in [5.74, 6) is 0.433. The van der Waals surface area contributed by atoms with Gasteiger partial charge >= 0.3 is 5.97 Å². The summed E-state index contributed by atoms with van der Waals surface area (Å²) in [7, 11) is -0.660. The number of rotatable bonds is 7. The van der Waals surface area contributed by atoms with Crippen LogP contribution in [-0.2, 0) is 19.7 Å². The standard InChI is InChI=1S/C13H25N3O4S/c1-14(6-5-13(17)20-2)21(18,19)16-9-7-15(8-10-16)11-12-3-4-12/h12H,3-11H2,1-2H3. The monoisotopic (exact) mass is 319 g/mol. The van der Waals surface area contributed by atoms with E-state index in [1.807, 2.05) is 0 Å². The summed E-state index contributed by atoms with van der Waals surface area (Å²) in [6, 6.07) is 0. The summed E-state index contributed by atoms with van der Waals surface area (Å²) in [5, 5.41) is 0. The summed E-state index contributed by atoms with van der Waals surface area (Å²) < 4.78 is 32.1. The maximum atomic E-state index is 12.4. The third-order valence-electron chi connectivity index (χ3n) is 4.12. The fourth-order valence-electron chi connectivity index (χ4n) is 2.47. The van der Waals surface area contributed by atoms with Crippen LogP contribution in [0.4, 0.5) is 0 Å². The highest BCUT2D eigenvalue weighted by molar-refractivity contribution is 7.86. The van der Waals surface area contributed by atoms with Crippen LogP contribution in [0.2, 0.25) is 0 Å². The Morgan fingerprint density at radius 3 is 2.38 bits per heavy atom. The van der Waals surface area contributed by atoms with Gasteiger partial charge in [-0.15, -0.1) is 0 Å². The molecule has 1 saturated carbocycles. The largest absolute Gasteiger partial charge is 0.469 e. The third kappa shape index (κ3) is 4.64. The van der Waals surface area contributed by atoms with E-state index in [1.54, 1.807) is 0 Å². The summed E-state index contributed by atoms with van der Waals surface area (Å²) in [6.45, 7) is 3.89. The van der Waals surface area contributed by atoms with Gasteiger partial charge in [-0.05, 0) is 18.8 Å². The third-order valence-corrected chi connectivity index (χ3v) is 6.11.